The molecule has 5 aromatic carbocycles. The highest BCUT2D eigenvalue weighted by Gasteiger charge is 2.29. The number of rotatable bonds is 4. The summed E-state index contributed by atoms with van der Waals surface area (Å²) in [7, 11) is -2.99. The van der Waals surface area contributed by atoms with Crippen molar-refractivity contribution in [1.82, 2.24) is 9.97 Å². The highest BCUT2D eigenvalue weighted by atomic mass is 31.2. The van der Waals surface area contributed by atoms with Gasteiger partial charge in [-0.25, -0.2) is 4.98 Å². The van der Waals surface area contributed by atoms with Gasteiger partial charge in [-0.05, 0) is 35.4 Å². The van der Waals surface area contributed by atoms with Crippen LogP contribution in [0.5, 0.6) is 0 Å². The smallest absolute Gasteiger partial charge is 0.171 e. The van der Waals surface area contributed by atoms with E-state index in [0.717, 1.165) is 59.7 Å². The third-order valence-electron chi connectivity index (χ3n) is 7.15. The molecular weight excluding hydrogens is 483 g/mol. The zero-order valence-electron chi connectivity index (χ0n) is 20.5. The molecule has 7 rings (SSSR count). The lowest BCUT2D eigenvalue weighted by atomic mass is 10.0. The number of aromatic nitrogens is 2. The first-order valence-electron chi connectivity index (χ1n) is 12.6. The second-order valence-electron chi connectivity index (χ2n) is 9.44. The maximum absolute atomic E-state index is 14.6. The maximum Gasteiger partial charge on any atom is 0.171 e. The topological polar surface area (TPSA) is 42.9 Å². The van der Waals surface area contributed by atoms with E-state index in [2.05, 4.69) is 59.6 Å². The van der Waals surface area contributed by atoms with E-state index in [0.29, 0.717) is 0 Å². The molecule has 0 bridgehead atoms. The molecule has 4 heteroatoms. The summed E-state index contributed by atoms with van der Waals surface area (Å²) in [5.74, 6) is 0. The number of hydrogen-bond donors (Lipinski definition) is 0. The van der Waals surface area contributed by atoms with E-state index in [1.165, 1.54) is 0 Å². The first-order valence-corrected chi connectivity index (χ1v) is 14.3. The average molecular weight is 507 g/mol. The van der Waals surface area contributed by atoms with Crippen LogP contribution in [0.3, 0.4) is 0 Å². The molecule has 0 aliphatic heterocycles. The lowest BCUT2D eigenvalue weighted by Gasteiger charge is -2.20. The van der Waals surface area contributed by atoms with Crippen LogP contribution in [0.15, 0.2) is 140 Å². The van der Waals surface area contributed by atoms with E-state index in [9.17, 15) is 4.57 Å². The van der Waals surface area contributed by atoms with E-state index in [1.807, 2.05) is 85.1 Å². The van der Waals surface area contributed by atoms with Gasteiger partial charge in [-0.2, -0.15) is 0 Å². The minimum Gasteiger partial charge on any atom is -0.309 e. The van der Waals surface area contributed by atoms with Gasteiger partial charge in [0.2, 0.25) is 0 Å². The third kappa shape index (κ3) is 3.72. The summed E-state index contributed by atoms with van der Waals surface area (Å²) in [6, 6.07) is 44.5. The molecule has 2 aromatic heterocycles. The van der Waals surface area contributed by atoms with Crippen LogP contribution in [-0.2, 0) is 4.57 Å². The van der Waals surface area contributed by atoms with Gasteiger partial charge < -0.3 is 4.57 Å². The quantitative estimate of drug-likeness (QED) is 0.144. The van der Waals surface area contributed by atoms with E-state index >= 15 is 0 Å². The van der Waals surface area contributed by atoms with Gasteiger partial charge in [0.15, 0.2) is 7.14 Å². The predicted molar refractivity (Wildman–Crippen MR) is 159 cm³/mol. The first kappa shape index (κ1) is 22.6. The van der Waals surface area contributed by atoms with Crippen LogP contribution in [0.1, 0.15) is 0 Å². The van der Waals surface area contributed by atoms with Crippen molar-refractivity contribution in [3.8, 4) is 11.1 Å². The van der Waals surface area contributed by atoms with Gasteiger partial charge in [-0.3, -0.25) is 4.98 Å². The fraction of sp³-hybridized carbons (Fsp3) is 0. The molecule has 0 aliphatic rings. The zero-order valence-corrected chi connectivity index (χ0v) is 21.4. The monoisotopic (exact) mass is 506 g/mol. The van der Waals surface area contributed by atoms with Gasteiger partial charge in [0.25, 0.3) is 0 Å². The second-order valence-corrected chi connectivity index (χ2v) is 12.2. The molecule has 0 atom stereocenters. The second kappa shape index (κ2) is 9.06. The summed E-state index contributed by atoms with van der Waals surface area (Å²) in [6.07, 6.45) is 1.81. The summed E-state index contributed by atoms with van der Waals surface area (Å²) in [5, 5.41) is 5.74. The fourth-order valence-electron chi connectivity index (χ4n) is 5.21. The lowest BCUT2D eigenvalue weighted by Crippen LogP contribution is -2.24. The van der Waals surface area contributed by atoms with Crippen molar-refractivity contribution >= 4 is 55.8 Å². The summed E-state index contributed by atoms with van der Waals surface area (Å²) in [5.41, 5.74) is 4.95. The number of pyridine rings is 2. The molecule has 7 aromatic rings. The average Bonchev–Trinajstić information content (AvgIpc) is 3.00. The predicted octanol–water partition coefficient (Wildman–Crippen LogP) is 7.24. The molecule has 0 amide bonds. The molecule has 2 heterocycles. The SMILES string of the molecule is O=P(c1ccccc1)(c1ccccc1)c1ccc(-c2ccc3nc4c(ccc5cccnc54)cc3c2)cc1. The Morgan fingerprint density at radius 1 is 0.474 bits per heavy atom. The normalized spacial score (nSPS) is 11.8. The standard InChI is InChI=1S/C34H23N2OP/c37-38(29-9-3-1-4-10-29,30-11-5-2-6-12-30)31-18-15-24(16-19-31)26-17-20-32-28(22-26)23-27-14-13-25-8-7-21-35-33(25)34(27)36-32/h1-23H. The summed E-state index contributed by atoms with van der Waals surface area (Å²) >= 11 is 0. The molecule has 0 saturated carbocycles. The molecular formula is C34H23N2OP. The Labute approximate surface area is 220 Å². The minimum atomic E-state index is -2.99. The summed E-state index contributed by atoms with van der Waals surface area (Å²) in [6.45, 7) is 0. The van der Waals surface area contributed by atoms with Gasteiger partial charge >= 0.3 is 0 Å². The number of benzene rings is 5. The van der Waals surface area contributed by atoms with Crippen molar-refractivity contribution in [2.75, 3.05) is 0 Å². The van der Waals surface area contributed by atoms with Gasteiger partial charge in [0.05, 0.1) is 16.6 Å². The largest absolute Gasteiger partial charge is 0.309 e. The maximum atomic E-state index is 14.6. The molecule has 0 spiro atoms. The van der Waals surface area contributed by atoms with Gasteiger partial charge in [-0.1, -0.05) is 109 Å². The van der Waals surface area contributed by atoms with Crippen LogP contribution in [0, 0.1) is 0 Å². The van der Waals surface area contributed by atoms with Crippen molar-refractivity contribution in [1.29, 1.82) is 0 Å². The van der Waals surface area contributed by atoms with Crippen molar-refractivity contribution in [2.24, 2.45) is 0 Å². The Morgan fingerprint density at radius 3 is 1.82 bits per heavy atom. The Morgan fingerprint density at radius 2 is 1.11 bits per heavy atom. The molecule has 0 saturated heterocycles. The number of fused-ring (bicyclic) bond motifs is 4. The van der Waals surface area contributed by atoms with Crippen molar-refractivity contribution < 1.29 is 4.57 Å². The Hall–Kier alpha value is -4.59. The summed E-state index contributed by atoms with van der Waals surface area (Å²) < 4.78 is 14.6. The number of nitrogens with zero attached hydrogens (tertiary/aromatic N) is 2. The van der Waals surface area contributed by atoms with Crippen molar-refractivity contribution in [2.45, 2.75) is 0 Å². The lowest BCUT2D eigenvalue weighted by molar-refractivity contribution is 0.592. The van der Waals surface area contributed by atoms with Gasteiger partial charge in [0, 0.05) is 38.3 Å². The molecule has 3 nitrogen and oxygen atoms in total. The highest BCUT2D eigenvalue weighted by molar-refractivity contribution is 7.85. The van der Waals surface area contributed by atoms with Crippen LogP contribution >= 0.6 is 7.14 Å². The molecule has 180 valence electrons. The van der Waals surface area contributed by atoms with E-state index in [4.69, 9.17) is 4.98 Å². The van der Waals surface area contributed by atoms with Gasteiger partial charge in [0.1, 0.15) is 0 Å². The molecule has 0 fully saturated rings. The van der Waals surface area contributed by atoms with Crippen LogP contribution in [-0.4, -0.2) is 9.97 Å². The molecule has 0 N–H and O–H groups in total. The van der Waals surface area contributed by atoms with Crippen LogP contribution in [0.25, 0.3) is 43.8 Å². The van der Waals surface area contributed by atoms with E-state index in [1.54, 1.807) is 0 Å². The van der Waals surface area contributed by atoms with Crippen molar-refractivity contribution in [3.05, 3.63) is 140 Å². The van der Waals surface area contributed by atoms with Crippen LogP contribution < -0.4 is 15.9 Å². The zero-order chi connectivity index (χ0) is 25.5. The summed E-state index contributed by atoms with van der Waals surface area (Å²) in [4.78, 5) is 9.52. The molecule has 0 aliphatic carbocycles. The van der Waals surface area contributed by atoms with E-state index in [-0.39, 0.29) is 0 Å². The van der Waals surface area contributed by atoms with E-state index < -0.39 is 7.14 Å². The number of hydrogen-bond acceptors (Lipinski definition) is 3. The first-order chi connectivity index (χ1) is 18.7. The van der Waals surface area contributed by atoms with Crippen LogP contribution in [0.4, 0.5) is 0 Å². The third-order valence-corrected chi connectivity index (χ3v) is 10.2. The minimum absolute atomic E-state index is 0.825. The molecule has 0 unspecified atom stereocenters. The van der Waals surface area contributed by atoms with Crippen LogP contribution in [0.2, 0.25) is 0 Å². The Balaban J connectivity index is 1.31. The Kier molecular flexibility index (Phi) is 5.39. The molecule has 38 heavy (non-hydrogen) atoms. The fourth-order valence-corrected chi connectivity index (χ4v) is 7.85. The highest BCUT2D eigenvalue weighted by Crippen LogP contribution is 2.42. The Bertz CT molecular complexity index is 1940. The van der Waals surface area contributed by atoms with Gasteiger partial charge in [-0.15, -0.1) is 0 Å². The molecule has 0 radical (unpaired) electrons. The van der Waals surface area contributed by atoms with Crippen molar-refractivity contribution in [3.63, 3.8) is 0 Å².